The van der Waals surface area contributed by atoms with E-state index < -0.39 is 24.6 Å². The number of nitrogens with zero attached hydrogens (tertiary/aromatic N) is 3. The van der Waals surface area contributed by atoms with Crippen molar-refractivity contribution in [2.75, 3.05) is 13.1 Å². The molecule has 1 aromatic heterocycles. The maximum absolute atomic E-state index is 13.4. The summed E-state index contributed by atoms with van der Waals surface area (Å²) >= 11 is 0. The summed E-state index contributed by atoms with van der Waals surface area (Å²) in [5.74, 6) is -1.46. The number of carboxylic acid groups (broad SMARTS) is 2. The summed E-state index contributed by atoms with van der Waals surface area (Å²) < 4.78 is 37.9. The van der Waals surface area contributed by atoms with Crippen LogP contribution in [0.1, 0.15) is 47.1 Å². The van der Waals surface area contributed by atoms with Gasteiger partial charge in [-0.15, -0.1) is 0 Å². The summed E-state index contributed by atoms with van der Waals surface area (Å²) in [6.07, 6.45) is 1.32. The molecule has 9 nitrogen and oxygen atoms in total. The molecule has 0 radical (unpaired) electrons. The minimum atomic E-state index is -3.06. The van der Waals surface area contributed by atoms with Gasteiger partial charge in [-0.05, 0) is 95.9 Å². The molecule has 5 aromatic rings. The van der Waals surface area contributed by atoms with E-state index in [9.17, 15) is 23.5 Å². The standard InChI is InChI=1S/C39H37F2N3O6/c1-22-28(24-11-12-25-19-43(15-13-36(45)46)20-26(25)16-24)6-3-7-29(22)30-8-4-9-31(23(30)2)37-42-32-17-27(21-44-14-5-10-33(44)38(47)48)34(50-39(40)41)18-35(32)49-37/h3-4,6-9,11-12,16-18,33,39H,5,10,13-15,19-21H2,1-2H3,(H,45,46)(H,47,48)/t33-/m0/s1. The van der Waals surface area contributed by atoms with Crippen LogP contribution in [0.15, 0.2) is 71.1 Å². The number of halogens is 2. The summed E-state index contributed by atoms with van der Waals surface area (Å²) in [7, 11) is 0. The predicted octanol–water partition coefficient (Wildman–Crippen LogP) is 7.89. The fourth-order valence-electron chi connectivity index (χ4n) is 7.40. The van der Waals surface area contributed by atoms with Gasteiger partial charge in [0.25, 0.3) is 0 Å². The number of fused-ring (bicyclic) bond motifs is 2. The van der Waals surface area contributed by atoms with E-state index in [4.69, 9.17) is 19.2 Å². The number of alkyl halides is 2. The smallest absolute Gasteiger partial charge is 0.387 e. The van der Waals surface area contributed by atoms with Gasteiger partial charge in [0.1, 0.15) is 17.3 Å². The molecule has 7 rings (SSSR count). The molecule has 2 N–H and O–H groups in total. The first-order valence-electron chi connectivity index (χ1n) is 16.7. The Balaban J connectivity index is 1.20. The summed E-state index contributed by atoms with van der Waals surface area (Å²) in [4.78, 5) is 31.5. The highest BCUT2D eigenvalue weighted by molar-refractivity contribution is 5.85. The maximum atomic E-state index is 13.4. The highest BCUT2D eigenvalue weighted by atomic mass is 19.3. The number of benzene rings is 4. The van der Waals surface area contributed by atoms with Gasteiger partial charge in [0, 0.05) is 43.4 Å². The third-order valence-electron chi connectivity index (χ3n) is 9.94. The first kappa shape index (κ1) is 33.4. The van der Waals surface area contributed by atoms with Gasteiger partial charge in [0.05, 0.1) is 6.42 Å². The lowest BCUT2D eigenvalue weighted by molar-refractivity contribution is -0.142. The molecule has 50 heavy (non-hydrogen) atoms. The van der Waals surface area contributed by atoms with Crippen LogP contribution in [-0.2, 0) is 29.2 Å². The predicted molar refractivity (Wildman–Crippen MR) is 184 cm³/mol. The van der Waals surface area contributed by atoms with E-state index >= 15 is 0 Å². The van der Waals surface area contributed by atoms with Crippen LogP contribution in [0.4, 0.5) is 8.78 Å². The molecule has 0 amide bonds. The van der Waals surface area contributed by atoms with Crippen LogP contribution < -0.4 is 4.74 Å². The van der Waals surface area contributed by atoms with Crippen LogP contribution in [0.25, 0.3) is 44.8 Å². The molecular formula is C39H37F2N3O6. The van der Waals surface area contributed by atoms with Crippen molar-refractivity contribution in [1.82, 2.24) is 14.8 Å². The summed E-state index contributed by atoms with van der Waals surface area (Å²) in [5, 5.41) is 18.7. The third kappa shape index (κ3) is 6.58. The third-order valence-corrected chi connectivity index (χ3v) is 9.94. The zero-order valence-corrected chi connectivity index (χ0v) is 27.8. The van der Waals surface area contributed by atoms with Crippen molar-refractivity contribution in [2.24, 2.45) is 0 Å². The average Bonchev–Trinajstić information content (AvgIpc) is 3.82. The molecule has 258 valence electrons. The molecular weight excluding hydrogens is 644 g/mol. The van der Waals surface area contributed by atoms with Gasteiger partial charge >= 0.3 is 18.6 Å². The van der Waals surface area contributed by atoms with Gasteiger partial charge in [0.2, 0.25) is 5.89 Å². The largest absolute Gasteiger partial charge is 0.481 e. The first-order chi connectivity index (χ1) is 24.0. The molecule has 2 aliphatic rings. The Morgan fingerprint density at radius 1 is 0.940 bits per heavy atom. The summed E-state index contributed by atoms with van der Waals surface area (Å²) in [6.45, 7) is 3.70. The number of carbonyl (C=O) groups is 2. The lowest BCUT2D eigenvalue weighted by atomic mass is 9.89. The van der Waals surface area contributed by atoms with Crippen LogP contribution in [0.2, 0.25) is 0 Å². The van der Waals surface area contributed by atoms with Gasteiger partial charge in [0.15, 0.2) is 5.58 Å². The molecule has 0 aliphatic carbocycles. The quantitative estimate of drug-likeness (QED) is 0.144. The minimum absolute atomic E-state index is 0.0660. The van der Waals surface area contributed by atoms with Crippen molar-refractivity contribution in [2.45, 2.75) is 65.4 Å². The fourth-order valence-corrected chi connectivity index (χ4v) is 7.40. The lowest BCUT2D eigenvalue weighted by Crippen LogP contribution is -2.35. The first-order valence-corrected chi connectivity index (χ1v) is 16.7. The Hall–Kier alpha value is -5.13. The molecule has 1 saturated heterocycles. The monoisotopic (exact) mass is 681 g/mol. The van der Waals surface area contributed by atoms with Crippen molar-refractivity contribution in [1.29, 1.82) is 0 Å². The topological polar surface area (TPSA) is 116 Å². The second-order valence-electron chi connectivity index (χ2n) is 13.1. The van der Waals surface area contributed by atoms with Crippen molar-refractivity contribution < 1.29 is 37.7 Å². The summed E-state index contributed by atoms with van der Waals surface area (Å²) in [5.41, 5.74) is 10.6. The molecule has 0 spiro atoms. The van der Waals surface area contributed by atoms with E-state index in [0.717, 1.165) is 52.0 Å². The fraction of sp³-hybridized carbons (Fsp3) is 0.308. The normalized spacial score (nSPS) is 16.4. The Bertz CT molecular complexity index is 2110. The summed E-state index contributed by atoms with van der Waals surface area (Å²) in [6, 6.07) is 21.0. The van der Waals surface area contributed by atoms with Gasteiger partial charge in [-0.25, -0.2) is 4.98 Å². The molecule has 0 unspecified atom stereocenters. The van der Waals surface area contributed by atoms with E-state index in [-0.39, 0.29) is 24.3 Å². The number of aliphatic carboxylic acids is 2. The van der Waals surface area contributed by atoms with E-state index in [1.807, 2.05) is 25.1 Å². The number of ether oxygens (including phenoxy) is 1. The second kappa shape index (κ2) is 13.6. The number of oxazole rings is 1. The van der Waals surface area contributed by atoms with Crippen LogP contribution >= 0.6 is 0 Å². The van der Waals surface area contributed by atoms with Crippen LogP contribution in [0.3, 0.4) is 0 Å². The highest BCUT2D eigenvalue weighted by Crippen LogP contribution is 2.39. The van der Waals surface area contributed by atoms with Crippen molar-refractivity contribution in [3.63, 3.8) is 0 Å². The van der Waals surface area contributed by atoms with E-state index in [1.54, 1.807) is 11.0 Å². The van der Waals surface area contributed by atoms with Gasteiger partial charge in [-0.3, -0.25) is 19.4 Å². The van der Waals surface area contributed by atoms with Gasteiger partial charge in [-0.2, -0.15) is 8.78 Å². The lowest BCUT2D eigenvalue weighted by Gasteiger charge is -2.22. The molecule has 3 heterocycles. The minimum Gasteiger partial charge on any atom is -0.481 e. The second-order valence-corrected chi connectivity index (χ2v) is 13.1. The number of carboxylic acids is 2. The molecule has 0 saturated carbocycles. The Morgan fingerprint density at radius 2 is 1.64 bits per heavy atom. The van der Waals surface area contributed by atoms with Crippen molar-refractivity contribution >= 4 is 23.0 Å². The molecule has 4 aromatic carbocycles. The Kier molecular flexibility index (Phi) is 9.11. The number of hydrogen-bond acceptors (Lipinski definition) is 7. The molecule has 1 atom stereocenters. The molecule has 11 heteroatoms. The zero-order valence-electron chi connectivity index (χ0n) is 27.8. The van der Waals surface area contributed by atoms with E-state index in [1.165, 1.54) is 17.2 Å². The maximum Gasteiger partial charge on any atom is 0.387 e. The number of rotatable bonds is 11. The number of likely N-dealkylation sites (tertiary alicyclic amines) is 1. The van der Waals surface area contributed by atoms with Crippen molar-refractivity contribution in [3.8, 4) is 39.5 Å². The van der Waals surface area contributed by atoms with Gasteiger partial charge in [-0.1, -0.05) is 42.5 Å². The molecule has 2 aliphatic heterocycles. The van der Waals surface area contributed by atoms with Crippen molar-refractivity contribution in [3.05, 3.63) is 94.5 Å². The number of hydrogen-bond donors (Lipinski definition) is 2. The van der Waals surface area contributed by atoms with Crippen LogP contribution in [0.5, 0.6) is 5.75 Å². The Morgan fingerprint density at radius 3 is 2.36 bits per heavy atom. The number of aromatic nitrogens is 1. The highest BCUT2D eigenvalue weighted by Gasteiger charge is 2.31. The van der Waals surface area contributed by atoms with Crippen LogP contribution in [0, 0.1) is 13.8 Å². The average molecular weight is 682 g/mol. The molecule has 0 bridgehead atoms. The van der Waals surface area contributed by atoms with Gasteiger partial charge < -0.3 is 19.4 Å². The van der Waals surface area contributed by atoms with E-state index in [2.05, 4.69) is 48.2 Å². The SMILES string of the molecule is Cc1c(-c2ccc3c(c2)CN(CCC(=O)O)C3)cccc1-c1cccc(-c2nc3cc(CN4CCC[C@H]4C(=O)O)c(OC(F)F)cc3o2)c1C. The Labute approximate surface area is 287 Å². The van der Waals surface area contributed by atoms with E-state index in [0.29, 0.717) is 42.9 Å². The van der Waals surface area contributed by atoms with Crippen LogP contribution in [-0.4, -0.2) is 62.7 Å². The molecule has 1 fully saturated rings. The zero-order chi connectivity index (χ0) is 35.1.